The van der Waals surface area contributed by atoms with E-state index >= 15 is 0 Å². The topological polar surface area (TPSA) is 114 Å². The van der Waals surface area contributed by atoms with Gasteiger partial charge in [-0.15, -0.1) is 0 Å². The summed E-state index contributed by atoms with van der Waals surface area (Å²) >= 11 is 5.85. The van der Waals surface area contributed by atoms with E-state index in [1.807, 2.05) is 6.07 Å². The number of benzene rings is 3. The molecule has 3 aromatic carbocycles. The van der Waals surface area contributed by atoms with Gasteiger partial charge in [-0.2, -0.15) is 5.26 Å². The number of ether oxygens (including phenoxy) is 2. The van der Waals surface area contributed by atoms with Crippen LogP contribution in [0, 0.1) is 21.4 Å². The van der Waals surface area contributed by atoms with Gasteiger partial charge < -0.3 is 14.8 Å². The fraction of sp³-hybridized carbons (Fsp3) is 0.0833. The molecule has 166 valence electrons. The van der Waals surface area contributed by atoms with E-state index in [9.17, 15) is 20.2 Å². The third-order valence-corrected chi connectivity index (χ3v) is 4.78. The minimum absolute atomic E-state index is 0.0231. The number of anilines is 1. The van der Waals surface area contributed by atoms with Gasteiger partial charge in [-0.1, -0.05) is 23.7 Å². The first-order valence-electron chi connectivity index (χ1n) is 9.63. The molecule has 0 radical (unpaired) electrons. The van der Waals surface area contributed by atoms with E-state index in [4.69, 9.17) is 21.1 Å². The fourth-order valence-electron chi connectivity index (χ4n) is 2.87. The van der Waals surface area contributed by atoms with Crippen LogP contribution in [0.2, 0.25) is 5.02 Å². The summed E-state index contributed by atoms with van der Waals surface area (Å²) in [5.41, 5.74) is 1.48. The minimum Gasteiger partial charge on any atom is -0.493 e. The van der Waals surface area contributed by atoms with Crippen LogP contribution in [-0.2, 0) is 11.4 Å². The molecule has 0 aliphatic carbocycles. The predicted octanol–water partition coefficient (Wildman–Crippen LogP) is 5.38. The number of amides is 1. The van der Waals surface area contributed by atoms with Crippen molar-refractivity contribution < 1.29 is 19.2 Å². The number of carbonyl (C=O) groups is 1. The highest BCUT2D eigenvalue weighted by Crippen LogP contribution is 2.33. The highest BCUT2D eigenvalue weighted by molar-refractivity contribution is 6.30. The zero-order valence-corrected chi connectivity index (χ0v) is 18.2. The fourth-order valence-corrected chi connectivity index (χ4v) is 2.99. The summed E-state index contributed by atoms with van der Waals surface area (Å²) in [5.74, 6) is 0.135. The predicted molar refractivity (Wildman–Crippen MR) is 124 cm³/mol. The lowest BCUT2D eigenvalue weighted by atomic mass is 10.1. The largest absolute Gasteiger partial charge is 0.493 e. The maximum Gasteiger partial charge on any atom is 0.269 e. The molecule has 9 heteroatoms. The lowest BCUT2D eigenvalue weighted by Crippen LogP contribution is -2.13. The third kappa shape index (κ3) is 6.09. The molecular formula is C24H18ClN3O5. The second-order valence-corrected chi connectivity index (χ2v) is 7.16. The first-order chi connectivity index (χ1) is 15.9. The number of nitro benzene ring substituents is 1. The van der Waals surface area contributed by atoms with Crippen molar-refractivity contribution in [2.24, 2.45) is 0 Å². The zero-order chi connectivity index (χ0) is 23.8. The van der Waals surface area contributed by atoms with Crippen LogP contribution in [0.3, 0.4) is 0 Å². The lowest BCUT2D eigenvalue weighted by Gasteiger charge is -2.14. The summed E-state index contributed by atoms with van der Waals surface area (Å²) in [4.78, 5) is 22.9. The Balaban J connectivity index is 1.84. The number of hydrogen-bond donors (Lipinski definition) is 1. The van der Waals surface area contributed by atoms with Crippen molar-refractivity contribution in [1.82, 2.24) is 0 Å². The summed E-state index contributed by atoms with van der Waals surface area (Å²) in [5, 5.41) is 23.5. The second kappa shape index (κ2) is 10.8. The van der Waals surface area contributed by atoms with E-state index in [2.05, 4.69) is 5.32 Å². The number of halogens is 1. The van der Waals surface area contributed by atoms with Gasteiger partial charge in [0, 0.05) is 28.4 Å². The summed E-state index contributed by atoms with van der Waals surface area (Å²) in [6.07, 6.45) is 1.40. The Kier molecular flexibility index (Phi) is 7.63. The summed E-state index contributed by atoms with van der Waals surface area (Å²) in [6.45, 7) is 0.0953. The number of nitro groups is 1. The molecule has 0 aromatic heterocycles. The summed E-state index contributed by atoms with van der Waals surface area (Å²) < 4.78 is 11.3. The molecule has 0 aliphatic rings. The Morgan fingerprint density at radius 3 is 2.45 bits per heavy atom. The molecule has 1 N–H and O–H groups in total. The van der Waals surface area contributed by atoms with Crippen molar-refractivity contribution >= 4 is 35.0 Å². The molecule has 1 amide bonds. The Morgan fingerprint density at radius 2 is 1.85 bits per heavy atom. The van der Waals surface area contributed by atoms with Crippen molar-refractivity contribution in [1.29, 1.82) is 5.26 Å². The van der Waals surface area contributed by atoms with Crippen LogP contribution in [0.5, 0.6) is 11.5 Å². The maximum absolute atomic E-state index is 12.6. The molecule has 0 unspecified atom stereocenters. The number of nitrogens with one attached hydrogen (secondary N) is 1. The molecule has 0 atom stereocenters. The molecule has 3 rings (SSSR count). The molecular weight excluding hydrogens is 446 g/mol. The van der Waals surface area contributed by atoms with Crippen molar-refractivity contribution in [3.63, 3.8) is 0 Å². The zero-order valence-electron chi connectivity index (χ0n) is 17.4. The second-order valence-electron chi connectivity index (χ2n) is 6.72. The smallest absolute Gasteiger partial charge is 0.269 e. The van der Waals surface area contributed by atoms with Crippen LogP contribution in [0.1, 0.15) is 11.1 Å². The van der Waals surface area contributed by atoms with Crippen molar-refractivity contribution in [3.05, 3.63) is 98.6 Å². The molecule has 8 nitrogen and oxygen atoms in total. The summed E-state index contributed by atoms with van der Waals surface area (Å²) in [6, 6.07) is 19.4. The number of rotatable bonds is 8. The van der Waals surface area contributed by atoms with Gasteiger partial charge in [0.1, 0.15) is 18.2 Å². The van der Waals surface area contributed by atoms with Gasteiger partial charge in [-0.25, -0.2) is 0 Å². The van der Waals surface area contributed by atoms with E-state index in [1.165, 1.54) is 25.3 Å². The van der Waals surface area contributed by atoms with Gasteiger partial charge >= 0.3 is 0 Å². The summed E-state index contributed by atoms with van der Waals surface area (Å²) in [7, 11) is 1.47. The molecule has 0 saturated heterocycles. The average molecular weight is 464 g/mol. The lowest BCUT2D eigenvalue weighted by molar-refractivity contribution is -0.384. The molecule has 0 fully saturated rings. The maximum atomic E-state index is 12.6. The van der Waals surface area contributed by atoms with E-state index in [1.54, 1.807) is 54.6 Å². The third-order valence-electron chi connectivity index (χ3n) is 4.53. The molecule has 0 bridgehead atoms. The van der Waals surface area contributed by atoms with E-state index in [-0.39, 0.29) is 17.9 Å². The first-order valence-corrected chi connectivity index (χ1v) is 10.0. The Labute approximate surface area is 194 Å². The first kappa shape index (κ1) is 23.3. The normalized spacial score (nSPS) is 10.8. The van der Waals surface area contributed by atoms with Crippen molar-refractivity contribution in [2.45, 2.75) is 6.61 Å². The standard InChI is InChI=1S/C24H18ClN3O5/c1-32-22-4-2-3-17(23(22)33-15-16-5-11-21(12-6-16)28(30)31)13-18(14-26)24(29)27-20-9-7-19(25)8-10-20/h2-13H,15H2,1H3,(H,27,29)/b18-13-. The van der Waals surface area contributed by atoms with E-state index < -0.39 is 10.8 Å². The SMILES string of the molecule is COc1cccc(/C=C(/C#N)C(=O)Nc2ccc(Cl)cc2)c1OCc1ccc([N+](=O)[O-])cc1. The van der Waals surface area contributed by atoms with Gasteiger partial charge in [0.15, 0.2) is 11.5 Å². The number of para-hydroxylation sites is 1. The number of non-ortho nitro benzene ring substituents is 1. The van der Waals surface area contributed by atoms with Crippen LogP contribution in [0.4, 0.5) is 11.4 Å². The van der Waals surface area contributed by atoms with Crippen LogP contribution >= 0.6 is 11.6 Å². The number of nitriles is 1. The molecule has 33 heavy (non-hydrogen) atoms. The molecule has 0 aliphatic heterocycles. The van der Waals surface area contributed by atoms with Gasteiger partial charge in [0.25, 0.3) is 11.6 Å². The van der Waals surface area contributed by atoms with Crippen molar-refractivity contribution in [3.8, 4) is 17.6 Å². The Hall–Kier alpha value is -4.35. The number of carbonyl (C=O) groups excluding carboxylic acids is 1. The van der Waals surface area contributed by atoms with E-state index in [0.29, 0.717) is 33.3 Å². The van der Waals surface area contributed by atoms with Crippen LogP contribution < -0.4 is 14.8 Å². The Morgan fingerprint density at radius 1 is 1.15 bits per heavy atom. The molecule has 0 spiro atoms. The van der Waals surface area contributed by atoms with Gasteiger partial charge in [0.05, 0.1) is 12.0 Å². The molecule has 0 saturated carbocycles. The van der Waals surface area contributed by atoms with Gasteiger partial charge in [-0.05, 0) is 54.1 Å². The highest BCUT2D eigenvalue weighted by Gasteiger charge is 2.15. The monoisotopic (exact) mass is 463 g/mol. The highest BCUT2D eigenvalue weighted by atomic mass is 35.5. The van der Waals surface area contributed by atoms with Crippen LogP contribution in [0.25, 0.3) is 6.08 Å². The number of methoxy groups -OCH3 is 1. The average Bonchev–Trinajstić information content (AvgIpc) is 2.82. The Bertz CT molecular complexity index is 1230. The quantitative estimate of drug-likeness (QED) is 0.207. The molecule has 3 aromatic rings. The van der Waals surface area contributed by atoms with E-state index in [0.717, 1.165) is 0 Å². The van der Waals surface area contributed by atoms with Crippen LogP contribution in [0.15, 0.2) is 72.3 Å². The molecule has 0 heterocycles. The number of hydrogen-bond acceptors (Lipinski definition) is 6. The number of nitrogens with zero attached hydrogens (tertiary/aromatic N) is 2. The van der Waals surface area contributed by atoms with Crippen molar-refractivity contribution in [2.75, 3.05) is 12.4 Å². The minimum atomic E-state index is -0.594. The van der Waals surface area contributed by atoms with Gasteiger partial charge in [0.2, 0.25) is 0 Å². The van der Waals surface area contributed by atoms with Gasteiger partial charge in [-0.3, -0.25) is 14.9 Å². The van der Waals surface area contributed by atoms with Crippen LogP contribution in [-0.4, -0.2) is 17.9 Å².